The molecule has 3 N–H and O–H groups in total. The molecule has 0 spiro atoms. The first-order valence-corrected chi connectivity index (χ1v) is 8.59. The van der Waals surface area contributed by atoms with E-state index in [1.54, 1.807) is 12.1 Å². The molecule has 1 aromatic carbocycles. The average molecular weight is 336 g/mol. The summed E-state index contributed by atoms with van der Waals surface area (Å²) in [4.78, 5) is 12.1. The van der Waals surface area contributed by atoms with Crippen molar-refractivity contribution in [2.24, 2.45) is 0 Å². The van der Waals surface area contributed by atoms with Gasteiger partial charge in [0.05, 0.1) is 5.60 Å². The third kappa shape index (κ3) is 3.87. The molecule has 0 bridgehead atoms. The monoisotopic (exact) mass is 336 g/mol. The van der Waals surface area contributed by atoms with Crippen LogP contribution in [-0.4, -0.2) is 43.0 Å². The van der Waals surface area contributed by atoms with E-state index in [1.807, 2.05) is 6.07 Å². The van der Waals surface area contributed by atoms with E-state index in [0.717, 1.165) is 37.7 Å². The predicted octanol–water partition coefficient (Wildman–Crippen LogP) is 2.09. The predicted molar refractivity (Wildman–Crippen MR) is 88.3 cm³/mol. The van der Waals surface area contributed by atoms with Crippen LogP contribution in [-0.2, 0) is 10.2 Å². The Labute approximate surface area is 141 Å². The van der Waals surface area contributed by atoms with Crippen LogP contribution in [0.25, 0.3) is 0 Å². The van der Waals surface area contributed by atoms with Crippen molar-refractivity contribution in [1.82, 2.24) is 10.6 Å². The molecule has 0 unspecified atom stereocenters. The zero-order chi connectivity index (χ0) is 17.0. The number of nitrogens with one attached hydrogen (secondary N) is 2. The normalized spacial score (nSPS) is 21.6. The van der Waals surface area contributed by atoms with E-state index in [-0.39, 0.29) is 23.8 Å². The highest BCUT2D eigenvalue weighted by Crippen LogP contribution is 2.34. The lowest BCUT2D eigenvalue weighted by atomic mass is 9.74. The maximum absolute atomic E-state index is 13.6. The first-order chi connectivity index (χ1) is 11.5. The van der Waals surface area contributed by atoms with Crippen LogP contribution in [0.5, 0.6) is 0 Å². The second kappa shape index (κ2) is 7.07. The summed E-state index contributed by atoms with van der Waals surface area (Å²) < 4.78 is 19.1. The number of halogens is 1. The van der Waals surface area contributed by atoms with Crippen molar-refractivity contribution in [3.63, 3.8) is 0 Å². The van der Waals surface area contributed by atoms with Gasteiger partial charge in [0, 0.05) is 31.7 Å². The molecule has 3 rings (SSSR count). The molecule has 1 aliphatic carbocycles. The van der Waals surface area contributed by atoms with Gasteiger partial charge in [0.25, 0.3) is 0 Å². The molecular weight excluding hydrogens is 311 g/mol. The summed E-state index contributed by atoms with van der Waals surface area (Å²) in [5, 5.41) is 15.7. The van der Waals surface area contributed by atoms with Crippen molar-refractivity contribution in [3.05, 3.63) is 35.6 Å². The lowest BCUT2D eigenvalue weighted by molar-refractivity contribution is -0.0290. The van der Waals surface area contributed by atoms with Gasteiger partial charge < -0.3 is 20.5 Å². The van der Waals surface area contributed by atoms with Gasteiger partial charge in [0.15, 0.2) is 0 Å². The Bertz CT molecular complexity index is 583. The van der Waals surface area contributed by atoms with Gasteiger partial charge in [-0.15, -0.1) is 0 Å². The van der Waals surface area contributed by atoms with Crippen molar-refractivity contribution in [2.75, 3.05) is 26.3 Å². The number of urea groups is 1. The summed E-state index contributed by atoms with van der Waals surface area (Å²) in [5.74, 6) is -0.268. The maximum atomic E-state index is 13.6. The number of amides is 2. The zero-order valence-electron chi connectivity index (χ0n) is 13.8. The highest BCUT2D eigenvalue weighted by Gasteiger charge is 2.36. The standard InChI is InChI=1S/C18H25FN2O3/c19-15-4-1-3-14(11-15)17(7-9-24-10-8-17)12-20-16(22)21-13-18(23)5-2-6-18/h1,3-4,11,23H,2,5-10,12-13H2,(H2,20,21,22). The van der Waals surface area contributed by atoms with Crippen LogP contribution in [0.3, 0.4) is 0 Å². The molecule has 0 aromatic heterocycles. The Hall–Kier alpha value is -1.66. The van der Waals surface area contributed by atoms with Crippen LogP contribution in [0.1, 0.15) is 37.7 Å². The lowest BCUT2D eigenvalue weighted by Crippen LogP contribution is -2.52. The Morgan fingerprint density at radius 3 is 2.50 bits per heavy atom. The number of carbonyl (C=O) groups excluding carboxylic acids is 1. The fourth-order valence-corrected chi connectivity index (χ4v) is 3.47. The third-order valence-electron chi connectivity index (χ3n) is 5.34. The van der Waals surface area contributed by atoms with Crippen LogP contribution in [0.2, 0.25) is 0 Å². The minimum atomic E-state index is -0.740. The van der Waals surface area contributed by atoms with Gasteiger partial charge in [0.2, 0.25) is 0 Å². The minimum absolute atomic E-state index is 0.268. The summed E-state index contributed by atoms with van der Waals surface area (Å²) in [6.45, 7) is 1.89. The molecule has 1 saturated carbocycles. The summed E-state index contributed by atoms with van der Waals surface area (Å²) in [5.41, 5.74) is -0.162. The van der Waals surface area contributed by atoms with Crippen LogP contribution < -0.4 is 10.6 Å². The van der Waals surface area contributed by atoms with Gasteiger partial charge >= 0.3 is 6.03 Å². The first-order valence-electron chi connectivity index (χ1n) is 8.59. The van der Waals surface area contributed by atoms with Crippen LogP contribution in [0.15, 0.2) is 24.3 Å². The van der Waals surface area contributed by atoms with Gasteiger partial charge in [-0.05, 0) is 49.8 Å². The van der Waals surface area contributed by atoms with E-state index in [4.69, 9.17) is 4.74 Å². The smallest absolute Gasteiger partial charge is 0.314 e. The Morgan fingerprint density at radius 1 is 1.17 bits per heavy atom. The molecule has 2 amide bonds. The van der Waals surface area contributed by atoms with Crippen LogP contribution >= 0.6 is 0 Å². The fourth-order valence-electron chi connectivity index (χ4n) is 3.47. The molecule has 1 aromatic rings. The van der Waals surface area contributed by atoms with E-state index in [9.17, 15) is 14.3 Å². The van der Waals surface area contributed by atoms with Crippen molar-refractivity contribution >= 4 is 6.03 Å². The highest BCUT2D eigenvalue weighted by atomic mass is 19.1. The molecule has 1 aliphatic heterocycles. The molecule has 2 aliphatic rings. The quantitative estimate of drug-likeness (QED) is 0.771. The number of ether oxygens (including phenoxy) is 1. The molecule has 1 saturated heterocycles. The van der Waals surface area contributed by atoms with Gasteiger partial charge in [0.1, 0.15) is 5.82 Å². The van der Waals surface area contributed by atoms with Crippen molar-refractivity contribution in [1.29, 1.82) is 0 Å². The molecule has 0 radical (unpaired) electrons. The number of benzene rings is 1. The zero-order valence-corrected chi connectivity index (χ0v) is 13.8. The second-order valence-electron chi connectivity index (χ2n) is 7.02. The minimum Gasteiger partial charge on any atom is -0.388 e. The number of rotatable bonds is 5. The summed E-state index contributed by atoms with van der Waals surface area (Å²) in [7, 11) is 0. The first kappa shape index (κ1) is 17.2. The topological polar surface area (TPSA) is 70.6 Å². The molecule has 0 atom stereocenters. The molecule has 6 heteroatoms. The Balaban J connectivity index is 1.61. The molecule has 2 fully saturated rings. The van der Waals surface area contributed by atoms with Gasteiger partial charge in [-0.2, -0.15) is 0 Å². The largest absolute Gasteiger partial charge is 0.388 e. The fraction of sp³-hybridized carbons (Fsp3) is 0.611. The van der Waals surface area contributed by atoms with Gasteiger partial charge in [-0.3, -0.25) is 0 Å². The van der Waals surface area contributed by atoms with Crippen LogP contribution in [0.4, 0.5) is 9.18 Å². The van der Waals surface area contributed by atoms with Gasteiger partial charge in [-0.25, -0.2) is 9.18 Å². The molecule has 132 valence electrons. The Morgan fingerprint density at radius 2 is 1.88 bits per heavy atom. The number of hydrogen-bond donors (Lipinski definition) is 3. The second-order valence-corrected chi connectivity index (χ2v) is 7.02. The van der Waals surface area contributed by atoms with E-state index in [1.165, 1.54) is 6.07 Å². The van der Waals surface area contributed by atoms with E-state index < -0.39 is 5.60 Å². The molecule has 24 heavy (non-hydrogen) atoms. The van der Waals surface area contributed by atoms with E-state index in [2.05, 4.69) is 10.6 Å². The van der Waals surface area contributed by atoms with Gasteiger partial charge in [-0.1, -0.05) is 12.1 Å². The summed E-state index contributed by atoms with van der Waals surface area (Å²) >= 11 is 0. The van der Waals surface area contributed by atoms with Crippen molar-refractivity contribution < 1.29 is 19.0 Å². The average Bonchev–Trinajstić information content (AvgIpc) is 2.57. The highest BCUT2D eigenvalue weighted by molar-refractivity contribution is 5.74. The number of aliphatic hydroxyl groups is 1. The van der Waals surface area contributed by atoms with Crippen LogP contribution in [0, 0.1) is 5.82 Å². The lowest BCUT2D eigenvalue weighted by Gasteiger charge is -2.38. The van der Waals surface area contributed by atoms with Crippen molar-refractivity contribution in [3.8, 4) is 0 Å². The maximum Gasteiger partial charge on any atom is 0.314 e. The van der Waals surface area contributed by atoms with E-state index in [0.29, 0.717) is 19.8 Å². The summed E-state index contributed by atoms with van der Waals surface area (Å²) in [6.07, 6.45) is 3.94. The molecular formula is C18H25FN2O3. The SMILES string of the molecule is O=C(NCC1(O)CCC1)NCC1(c2cccc(F)c2)CCOCC1. The summed E-state index contributed by atoms with van der Waals surface area (Å²) in [6, 6.07) is 6.29. The Kier molecular flexibility index (Phi) is 5.06. The molecule has 5 nitrogen and oxygen atoms in total. The molecule has 1 heterocycles. The third-order valence-corrected chi connectivity index (χ3v) is 5.34. The van der Waals surface area contributed by atoms with E-state index >= 15 is 0 Å². The number of hydrogen-bond acceptors (Lipinski definition) is 3. The number of carbonyl (C=O) groups is 1. The van der Waals surface area contributed by atoms with Crippen molar-refractivity contribution in [2.45, 2.75) is 43.1 Å².